The van der Waals surface area contributed by atoms with Gasteiger partial charge in [0.15, 0.2) is 0 Å². The van der Waals surface area contributed by atoms with Crippen LogP contribution in [0.2, 0.25) is 0 Å². The summed E-state index contributed by atoms with van der Waals surface area (Å²) in [5.74, 6) is 1.76. The number of hydrogen-bond acceptors (Lipinski definition) is 1. The van der Waals surface area contributed by atoms with Gasteiger partial charge in [-0.25, -0.2) is 4.98 Å². The summed E-state index contributed by atoms with van der Waals surface area (Å²) in [6.45, 7) is 0. The maximum absolute atomic E-state index is 4.33. The highest BCUT2D eigenvalue weighted by atomic mass is 14.9. The van der Waals surface area contributed by atoms with Gasteiger partial charge in [-0.05, 0) is 36.3 Å². The Morgan fingerprint density at radius 2 is 2.25 bits per heavy atom. The quantitative estimate of drug-likeness (QED) is 0.814. The van der Waals surface area contributed by atoms with Gasteiger partial charge in [0.25, 0.3) is 0 Å². The number of nitrogens with one attached hydrogen (secondary N) is 1. The van der Waals surface area contributed by atoms with E-state index in [1.54, 1.807) is 0 Å². The van der Waals surface area contributed by atoms with Crippen molar-refractivity contribution in [2.45, 2.75) is 31.6 Å². The fraction of sp³-hybridized carbons (Fsp3) is 0.357. The van der Waals surface area contributed by atoms with Crippen LogP contribution in [-0.2, 0) is 12.8 Å². The standard InChI is InChI=1S/C14H16N2/c1-2-7-13-11(4-1)5-3-6-12(13)10-14-15-8-9-16-14/h1-2,4,7-9,12H,3,5-6,10H2,(H,15,16). The minimum Gasteiger partial charge on any atom is -0.349 e. The first-order valence-electron chi connectivity index (χ1n) is 5.99. The monoisotopic (exact) mass is 212 g/mol. The number of nitrogens with zero attached hydrogens (tertiary/aromatic N) is 1. The normalized spacial score (nSPS) is 19.4. The molecule has 1 aliphatic rings. The van der Waals surface area contributed by atoms with Crippen molar-refractivity contribution in [2.75, 3.05) is 0 Å². The highest BCUT2D eigenvalue weighted by Gasteiger charge is 2.20. The lowest BCUT2D eigenvalue weighted by Gasteiger charge is -2.24. The number of benzene rings is 1. The van der Waals surface area contributed by atoms with Crippen molar-refractivity contribution < 1.29 is 0 Å². The number of H-pyrrole nitrogens is 1. The van der Waals surface area contributed by atoms with E-state index >= 15 is 0 Å². The highest BCUT2D eigenvalue weighted by molar-refractivity contribution is 5.33. The SMILES string of the molecule is c1ccc2c(c1)CCCC2Cc1ncc[nH]1. The van der Waals surface area contributed by atoms with Gasteiger partial charge in [0, 0.05) is 18.8 Å². The Labute approximate surface area is 95.7 Å². The summed E-state index contributed by atoms with van der Waals surface area (Å²) in [6, 6.07) is 8.85. The summed E-state index contributed by atoms with van der Waals surface area (Å²) < 4.78 is 0. The van der Waals surface area contributed by atoms with Crippen molar-refractivity contribution in [2.24, 2.45) is 0 Å². The molecular weight excluding hydrogens is 196 g/mol. The Balaban J connectivity index is 1.87. The van der Waals surface area contributed by atoms with E-state index in [-0.39, 0.29) is 0 Å². The molecule has 0 amide bonds. The van der Waals surface area contributed by atoms with E-state index in [0.29, 0.717) is 5.92 Å². The summed E-state index contributed by atoms with van der Waals surface area (Å²) in [4.78, 5) is 7.53. The number of aromatic nitrogens is 2. The molecule has 1 unspecified atom stereocenters. The van der Waals surface area contributed by atoms with E-state index in [4.69, 9.17) is 0 Å². The molecular formula is C14H16N2. The Hall–Kier alpha value is -1.57. The Kier molecular flexibility index (Phi) is 2.49. The van der Waals surface area contributed by atoms with Crippen LogP contribution in [0.4, 0.5) is 0 Å². The summed E-state index contributed by atoms with van der Waals surface area (Å²) in [5.41, 5.74) is 3.07. The molecule has 0 bridgehead atoms. The first-order chi connectivity index (χ1) is 7.93. The number of hydrogen-bond donors (Lipinski definition) is 1. The van der Waals surface area contributed by atoms with Gasteiger partial charge in [-0.3, -0.25) is 0 Å². The van der Waals surface area contributed by atoms with Crippen LogP contribution in [0.15, 0.2) is 36.7 Å². The molecule has 1 aromatic heterocycles. The molecule has 0 aliphatic heterocycles. The molecule has 0 saturated carbocycles. The topological polar surface area (TPSA) is 28.7 Å². The van der Waals surface area contributed by atoms with Crippen LogP contribution >= 0.6 is 0 Å². The lowest BCUT2D eigenvalue weighted by molar-refractivity contribution is 0.541. The summed E-state index contributed by atoms with van der Waals surface area (Å²) in [7, 11) is 0. The molecule has 1 atom stereocenters. The van der Waals surface area contributed by atoms with Crippen LogP contribution in [0.1, 0.15) is 35.7 Å². The zero-order valence-corrected chi connectivity index (χ0v) is 9.32. The second-order valence-corrected chi connectivity index (χ2v) is 4.53. The van der Waals surface area contributed by atoms with Crippen LogP contribution in [-0.4, -0.2) is 9.97 Å². The van der Waals surface area contributed by atoms with Gasteiger partial charge in [-0.15, -0.1) is 0 Å². The van der Waals surface area contributed by atoms with Crippen molar-refractivity contribution in [3.05, 3.63) is 53.6 Å². The highest BCUT2D eigenvalue weighted by Crippen LogP contribution is 2.33. The Morgan fingerprint density at radius 3 is 3.12 bits per heavy atom. The third kappa shape index (κ3) is 1.75. The average molecular weight is 212 g/mol. The zero-order chi connectivity index (χ0) is 10.8. The van der Waals surface area contributed by atoms with Gasteiger partial charge in [0.1, 0.15) is 5.82 Å². The molecule has 2 aromatic rings. The first-order valence-corrected chi connectivity index (χ1v) is 5.99. The largest absolute Gasteiger partial charge is 0.349 e. The fourth-order valence-electron chi connectivity index (χ4n) is 2.71. The molecule has 82 valence electrons. The molecule has 0 fully saturated rings. The molecule has 0 radical (unpaired) electrons. The van der Waals surface area contributed by atoms with Crippen LogP contribution in [0.25, 0.3) is 0 Å². The van der Waals surface area contributed by atoms with Gasteiger partial charge in [-0.1, -0.05) is 24.3 Å². The number of aryl methyl sites for hydroxylation is 1. The third-order valence-electron chi connectivity index (χ3n) is 3.49. The van der Waals surface area contributed by atoms with E-state index in [1.807, 2.05) is 12.4 Å². The second kappa shape index (κ2) is 4.12. The molecule has 3 rings (SSSR count). The Bertz CT molecular complexity index is 459. The van der Waals surface area contributed by atoms with Crippen LogP contribution in [0, 0.1) is 0 Å². The number of aromatic amines is 1. The van der Waals surface area contributed by atoms with Gasteiger partial charge >= 0.3 is 0 Å². The predicted molar refractivity (Wildman–Crippen MR) is 64.4 cm³/mol. The van der Waals surface area contributed by atoms with Crippen molar-refractivity contribution in [3.8, 4) is 0 Å². The van der Waals surface area contributed by atoms with Crippen molar-refractivity contribution in [1.29, 1.82) is 0 Å². The first kappa shape index (κ1) is 9.64. The Morgan fingerprint density at radius 1 is 1.31 bits per heavy atom. The van der Waals surface area contributed by atoms with Crippen molar-refractivity contribution in [3.63, 3.8) is 0 Å². The minimum absolute atomic E-state index is 0.649. The van der Waals surface area contributed by atoms with E-state index in [0.717, 1.165) is 12.2 Å². The molecule has 2 heteroatoms. The maximum Gasteiger partial charge on any atom is 0.106 e. The molecule has 16 heavy (non-hydrogen) atoms. The van der Waals surface area contributed by atoms with Crippen LogP contribution < -0.4 is 0 Å². The summed E-state index contributed by atoms with van der Waals surface area (Å²) in [5, 5.41) is 0. The number of fused-ring (bicyclic) bond motifs is 1. The molecule has 0 saturated heterocycles. The maximum atomic E-state index is 4.33. The van der Waals surface area contributed by atoms with E-state index in [1.165, 1.54) is 30.4 Å². The summed E-state index contributed by atoms with van der Waals surface area (Å²) >= 11 is 0. The molecule has 1 N–H and O–H groups in total. The number of imidazole rings is 1. The van der Waals surface area contributed by atoms with Crippen molar-refractivity contribution >= 4 is 0 Å². The lowest BCUT2D eigenvalue weighted by atomic mass is 9.81. The van der Waals surface area contributed by atoms with E-state index < -0.39 is 0 Å². The van der Waals surface area contributed by atoms with Gasteiger partial charge < -0.3 is 4.98 Å². The lowest BCUT2D eigenvalue weighted by Crippen LogP contribution is -2.12. The molecule has 1 heterocycles. The predicted octanol–water partition coefficient (Wildman–Crippen LogP) is 3.07. The smallest absolute Gasteiger partial charge is 0.106 e. The number of rotatable bonds is 2. The van der Waals surface area contributed by atoms with E-state index in [9.17, 15) is 0 Å². The average Bonchev–Trinajstić information content (AvgIpc) is 2.82. The van der Waals surface area contributed by atoms with Crippen molar-refractivity contribution in [1.82, 2.24) is 9.97 Å². The van der Waals surface area contributed by atoms with Gasteiger partial charge in [-0.2, -0.15) is 0 Å². The second-order valence-electron chi connectivity index (χ2n) is 4.53. The zero-order valence-electron chi connectivity index (χ0n) is 9.32. The van der Waals surface area contributed by atoms with Crippen LogP contribution in [0.3, 0.4) is 0 Å². The molecule has 2 nitrogen and oxygen atoms in total. The molecule has 1 aromatic carbocycles. The third-order valence-corrected chi connectivity index (χ3v) is 3.49. The molecule has 1 aliphatic carbocycles. The van der Waals surface area contributed by atoms with E-state index in [2.05, 4.69) is 34.2 Å². The minimum atomic E-state index is 0.649. The fourth-order valence-corrected chi connectivity index (χ4v) is 2.71. The van der Waals surface area contributed by atoms with Gasteiger partial charge in [0.2, 0.25) is 0 Å². The van der Waals surface area contributed by atoms with Crippen LogP contribution in [0.5, 0.6) is 0 Å². The summed E-state index contributed by atoms with van der Waals surface area (Å²) in [6.07, 6.45) is 8.63. The van der Waals surface area contributed by atoms with Gasteiger partial charge in [0.05, 0.1) is 0 Å². The molecule has 0 spiro atoms.